The third kappa shape index (κ3) is 3.79. The Kier molecular flexibility index (Phi) is 4.25. The molecule has 0 aliphatic heterocycles. The highest BCUT2D eigenvalue weighted by Gasteiger charge is 2.06. The van der Waals surface area contributed by atoms with E-state index in [1.54, 1.807) is 6.20 Å². The van der Waals surface area contributed by atoms with Gasteiger partial charge in [0.2, 0.25) is 0 Å². The minimum atomic E-state index is 0.112. The average molecular weight is 196 g/mol. The topological polar surface area (TPSA) is 38.9 Å². The summed E-state index contributed by atoms with van der Waals surface area (Å²) in [6.45, 7) is 4.36. The van der Waals surface area contributed by atoms with Crippen LogP contribution in [0.1, 0.15) is 25.5 Å². The van der Waals surface area contributed by atoms with Gasteiger partial charge in [0, 0.05) is 24.2 Å². The molecule has 2 nitrogen and oxygen atoms in total. The molecule has 72 valence electrons. The van der Waals surface area contributed by atoms with Gasteiger partial charge in [0.1, 0.15) is 0 Å². The number of hydrogen-bond acceptors (Lipinski definition) is 3. The fraction of sp³-hybridized carbons (Fsp3) is 0.500. The van der Waals surface area contributed by atoms with Crippen molar-refractivity contribution in [2.24, 2.45) is 5.73 Å². The molecule has 0 bridgehead atoms. The fourth-order valence-corrected chi connectivity index (χ4v) is 1.77. The van der Waals surface area contributed by atoms with Crippen molar-refractivity contribution in [2.45, 2.75) is 25.1 Å². The van der Waals surface area contributed by atoms with E-state index in [9.17, 15) is 0 Å². The highest BCUT2D eigenvalue weighted by molar-refractivity contribution is 7.99. The van der Waals surface area contributed by atoms with Crippen molar-refractivity contribution in [3.05, 3.63) is 30.1 Å². The standard InChI is InChI=1S/C10H16N2S/c1-8(2)13-7-10(11)9-4-3-5-12-6-9/h3-6,8,10H,7,11H2,1-2H3. The van der Waals surface area contributed by atoms with Crippen molar-refractivity contribution < 1.29 is 0 Å². The number of hydrogen-bond donors (Lipinski definition) is 1. The van der Waals surface area contributed by atoms with Gasteiger partial charge in [0.25, 0.3) is 0 Å². The largest absolute Gasteiger partial charge is 0.323 e. The lowest BCUT2D eigenvalue weighted by Crippen LogP contribution is -2.14. The molecule has 13 heavy (non-hydrogen) atoms. The fourth-order valence-electron chi connectivity index (χ4n) is 0.988. The van der Waals surface area contributed by atoms with E-state index in [4.69, 9.17) is 5.73 Å². The molecule has 1 heterocycles. The van der Waals surface area contributed by atoms with E-state index in [0.29, 0.717) is 5.25 Å². The Hall–Kier alpha value is -0.540. The number of nitrogens with two attached hydrogens (primary N) is 1. The van der Waals surface area contributed by atoms with E-state index >= 15 is 0 Å². The SMILES string of the molecule is CC(C)SCC(N)c1cccnc1. The summed E-state index contributed by atoms with van der Waals surface area (Å²) in [6, 6.07) is 4.06. The zero-order chi connectivity index (χ0) is 9.68. The Balaban J connectivity index is 2.44. The van der Waals surface area contributed by atoms with Gasteiger partial charge in [-0.25, -0.2) is 0 Å². The molecule has 0 amide bonds. The summed E-state index contributed by atoms with van der Waals surface area (Å²) >= 11 is 1.88. The lowest BCUT2D eigenvalue weighted by atomic mass is 10.2. The molecule has 1 aromatic rings. The van der Waals surface area contributed by atoms with Crippen molar-refractivity contribution in [2.75, 3.05) is 5.75 Å². The lowest BCUT2D eigenvalue weighted by Gasteiger charge is -2.12. The second-order valence-corrected chi connectivity index (χ2v) is 4.88. The highest BCUT2D eigenvalue weighted by Crippen LogP contribution is 2.17. The maximum atomic E-state index is 5.98. The van der Waals surface area contributed by atoms with Gasteiger partial charge < -0.3 is 5.73 Å². The van der Waals surface area contributed by atoms with Gasteiger partial charge in [0.05, 0.1) is 0 Å². The predicted octanol–water partition coefficient (Wildman–Crippen LogP) is 2.22. The first-order valence-electron chi connectivity index (χ1n) is 4.47. The molecule has 0 saturated carbocycles. The Labute approximate surface area is 83.9 Å². The second-order valence-electron chi connectivity index (χ2n) is 3.27. The molecule has 0 fully saturated rings. The molecule has 0 radical (unpaired) electrons. The van der Waals surface area contributed by atoms with Gasteiger partial charge >= 0.3 is 0 Å². The van der Waals surface area contributed by atoms with Crippen molar-refractivity contribution in [3.63, 3.8) is 0 Å². The molecular weight excluding hydrogens is 180 g/mol. The molecule has 2 N–H and O–H groups in total. The lowest BCUT2D eigenvalue weighted by molar-refractivity contribution is 0.821. The van der Waals surface area contributed by atoms with Crippen molar-refractivity contribution in [1.82, 2.24) is 4.98 Å². The summed E-state index contributed by atoms with van der Waals surface area (Å²) in [5.41, 5.74) is 7.10. The summed E-state index contributed by atoms with van der Waals surface area (Å²) in [6.07, 6.45) is 3.61. The quantitative estimate of drug-likeness (QED) is 0.802. The third-order valence-electron chi connectivity index (χ3n) is 1.72. The minimum absolute atomic E-state index is 0.112. The normalized spacial score (nSPS) is 13.2. The number of rotatable bonds is 4. The molecule has 1 unspecified atom stereocenters. The monoisotopic (exact) mass is 196 g/mol. The van der Waals surface area contributed by atoms with Crippen molar-refractivity contribution in [3.8, 4) is 0 Å². The van der Waals surface area contributed by atoms with Gasteiger partial charge in [-0.1, -0.05) is 19.9 Å². The molecule has 1 rings (SSSR count). The summed E-state index contributed by atoms with van der Waals surface area (Å²) in [4.78, 5) is 4.04. The van der Waals surface area contributed by atoms with E-state index in [1.807, 2.05) is 30.1 Å². The van der Waals surface area contributed by atoms with E-state index in [0.717, 1.165) is 11.3 Å². The Morgan fingerprint density at radius 1 is 1.54 bits per heavy atom. The highest BCUT2D eigenvalue weighted by atomic mass is 32.2. The molecule has 0 aliphatic rings. The van der Waals surface area contributed by atoms with E-state index < -0.39 is 0 Å². The summed E-state index contributed by atoms with van der Waals surface area (Å²) in [5, 5.41) is 0.641. The second kappa shape index (κ2) is 5.25. The molecule has 0 aromatic carbocycles. The predicted molar refractivity (Wildman–Crippen MR) is 58.8 cm³/mol. The van der Waals surface area contributed by atoms with Crippen LogP contribution in [0.25, 0.3) is 0 Å². The van der Waals surface area contributed by atoms with Gasteiger partial charge in [-0.05, 0) is 16.9 Å². The average Bonchev–Trinajstić information content (AvgIpc) is 2.15. The number of aromatic nitrogens is 1. The molecule has 0 spiro atoms. The maximum absolute atomic E-state index is 5.98. The number of nitrogens with zero attached hydrogens (tertiary/aromatic N) is 1. The zero-order valence-electron chi connectivity index (χ0n) is 8.10. The molecule has 0 saturated heterocycles. The van der Waals surface area contributed by atoms with Gasteiger partial charge in [-0.2, -0.15) is 11.8 Å². The molecule has 1 aromatic heterocycles. The molecular formula is C10H16N2S. The molecule has 1 atom stereocenters. The third-order valence-corrected chi connectivity index (χ3v) is 2.94. The summed E-state index contributed by atoms with van der Waals surface area (Å²) in [7, 11) is 0. The Morgan fingerprint density at radius 2 is 2.31 bits per heavy atom. The van der Waals surface area contributed by atoms with E-state index in [1.165, 1.54) is 0 Å². The Morgan fingerprint density at radius 3 is 2.85 bits per heavy atom. The smallest absolute Gasteiger partial charge is 0.0402 e. The van der Waals surface area contributed by atoms with Crippen LogP contribution in [0.2, 0.25) is 0 Å². The van der Waals surface area contributed by atoms with Crippen LogP contribution in [-0.4, -0.2) is 16.0 Å². The van der Waals surface area contributed by atoms with Crippen LogP contribution in [0.3, 0.4) is 0 Å². The van der Waals surface area contributed by atoms with Crippen LogP contribution in [0.5, 0.6) is 0 Å². The maximum Gasteiger partial charge on any atom is 0.0402 e. The Bertz CT molecular complexity index is 236. The van der Waals surface area contributed by atoms with Crippen LogP contribution in [0, 0.1) is 0 Å². The number of pyridine rings is 1. The van der Waals surface area contributed by atoms with Crippen LogP contribution in [-0.2, 0) is 0 Å². The van der Waals surface area contributed by atoms with Crippen LogP contribution in [0.15, 0.2) is 24.5 Å². The molecule has 0 aliphatic carbocycles. The summed E-state index contributed by atoms with van der Waals surface area (Å²) < 4.78 is 0. The first-order chi connectivity index (χ1) is 6.20. The van der Waals surface area contributed by atoms with Crippen molar-refractivity contribution >= 4 is 11.8 Å². The molecule has 3 heteroatoms. The first kappa shape index (κ1) is 10.5. The van der Waals surface area contributed by atoms with Crippen LogP contribution in [0.4, 0.5) is 0 Å². The zero-order valence-corrected chi connectivity index (χ0v) is 8.92. The van der Waals surface area contributed by atoms with E-state index in [-0.39, 0.29) is 6.04 Å². The first-order valence-corrected chi connectivity index (χ1v) is 5.52. The van der Waals surface area contributed by atoms with Crippen molar-refractivity contribution in [1.29, 1.82) is 0 Å². The summed E-state index contributed by atoms with van der Waals surface area (Å²) in [5.74, 6) is 0.962. The van der Waals surface area contributed by atoms with Gasteiger partial charge in [-0.3, -0.25) is 4.98 Å². The van der Waals surface area contributed by atoms with Gasteiger partial charge in [0.15, 0.2) is 0 Å². The van der Waals surface area contributed by atoms with Gasteiger partial charge in [-0.15, -0.1) is 0 Å². The van der Waals surface area contributed by atoms with Crippen LogP contribution < -0.4 is 5.73 Å². The van der Waals surface area contributed by atoms with E-state index in [2.05, 4.69) is 18.8 Å². The minimum Gasteiger partial charge on any atom is -0.323 e. The van der Waals surface area contributed by atoms with Crippen LogP contribution >= 0.6 is 11.8 Å². The number of thioether (sulfide) groups is 1.